The fourth-order valence-corrected chi connectivity index (χ4v) is 1.80. The molecule has 0 fully saturated rings. The number of nitrogens with zero attached hydrogens (tertiary/aromatic N) is 2. The molecule has 0 radical (unpaired) electrons. The summed E-state index contributed by atoms with van der Waals surface area (Å²) >= 11 is 0. The summed E-state index contributed by atoms with van der Waals surface area (Å²) < 4.78 is 0. The lowest BCUT2D eigenvalue weighted by Gasteiger charge is -2.15. The average Bonchev–Trinajstić information content (AvgIpc) is 2.60. The number of carbonyl (C=O) groups excluding carboxylic acids is 2. The van der Waals surface area contributed by atoms with Crippen molar-refractivity contribution >= 4 is 11.8 Å². The van der Waals surface area contributed by atoms with Gasteiger partial charge in [0.1, 0.15) is 5.69 Å². The second kappa shape index (κ2) is 4.63. The van der Waals surface area contributed by atoms with Crippen LogP contribution >= 0.6 is 0 Å². The molecule has 1 aromatic heterocycles. The maximum Gasteiger partial charge on any atom is 0.280 e. The third-order valence-electron chi connectivity index (χ3n) is 2.89. The van der Waals surface area contributed by atoms with E-state index in [1.165, 1.54) is 6.20 Å². The molecule has 0 aromatic carbocycles. The highest BCUT2D eigenvalue weighted by Gasteiger charge is 2.36. The Kier molecular flexibility index (Phi) is 3.19. The van der Waals surface area contributed by atoms with Crippen molar-refractivity contribution in [1.29, 1.82) is 0 Å². The van der Waals surface area contributed by atoms with Crippen LogP contribution in [0.25, 0.3) is 0 Å². The van der Waals surface area contributed by atoms with Crippen LogP contribution in [0.4, 0.5) is 0 Å². The quantitative estimate of drug-likeness (QED) is 0.784. The van der Waals surface area contributed by atoms with Crippen molar-refractivity contribution in [3.05, 3.63) is 29.6 Å². The van der Waals surface area contributed by atoms with Crippen LogP contribution in [-0.4, -0.2) is 39.5 Å². The number of rotatable bonds is 4. The van der Waals surface area contributed by atoms with Crippen molar-refractivity contribution in [3.8, 4) is 0 Å². The zero-order valence-corrected chi connectivity index (χ0v) is 9.59. The van der Waals surface area contributed by atoms with Gasteiger partial charge in [0.05, 0.1) is 11.7 Å². The van der Waals surface area contributed by atoms with Gasteiger partial charge in [-0.15, -0.1) is 0 Å². The average molecular weight is 234 g/mol. The molecule has 1 aliphatic rings. The monoisotopic (exact) mass is 234 g/mol. The molecular weight excluding hydrogens is 220 g/mol. The molecular formula is C12H14N2O3. The van der Waals surface area contributed by atoms with Gasteiger partial charge in [-0.05, 0) is 25.0 Å². The SMILES string of the molecule is CCC(O)CCN1C(=O)c2cccnc2C1=O. The Morgan fingerprint density at radius 2 is 2.18 bits per heavy atom. The number of hydrogen-bond acceptors (Lipinski definition) is 4. The molecule has 17 heavy (non-hydrogen) atoms. The largest absolute Gasteiger partial charge is 0.393 e. The highest BCUT2D eigenvalue weighted by atomic mass is 16.3. The lowest BCUT2D eigenvalue weighted by atomic mass is 10.2. The van der Waals surface area contributed by atoms with Crippen molar-refractivity contribution in [2.24, 2.45) is 0 Å². The number of aliphatic hydroxyl groups is 1. The minimum Gasteiger partial charge on any atom is -0.393 e. The molecule has 2 amide bonds. The van der Waals surface area contributed by atoms with Crippen LogP contribution in [0.3, 0.4) is 0 Å². The van der Waals surface area contributed by atoms with Crippen LogP contribution in [0.1, 0.15) is 40.6 Å². The van der Waals surface area contributed by atoms with E-state index >= 15 is 0 Å². The molecule has 2 heterocycles. The number of aromatic nitrogens is 1. The van der Waals surface area contributed by atoms with Crippen LogP contribution in [0, 0.1) is 0 Å². The number of pyridine rings is 1. The van der Waals surface area contributed by atoms with E-state index in [9.17, 15) is 14.7 Å². The minimum absolute atomic E-state index is 0.212. The summed E-state index contributed by atoms with van der Waals surface area (Å²) in [5.41, 5.74) is 0.562. The molecule has 90 valence electrons. The summed E-state index contributed by atoms with van der Waals surface area (Å²) in [6, 6.07) is 3.23. The lowest BCUT2D eigenvalue weighted by molar-refractivity contribution is 0.0619. The van der Waals surface area contributed by atoms with E-state index in [2.05, 4.69) is 4.98 Å². The topological polar surface area (TPSA) is 70.5 Å². The first kappa shape index (κ1) is 11.7. The van der Waals surface area contributed by atoms with Crippen LogP contribution in [0.5, 0.6) is 0 Å². The van der Waals surface area contributed by atoms with Gasteiger partial charge in [0.2, 0.25) is 0 Å². The van der Waals surface area contributed by atoms with Crippen molar-refractivity contribution in [1.82, 2.24) is 9.88 Å². The standard InChI is InChI=1S/C12H14N2O3/c1-2-8(15)5-7-14-11(16)9-4-3-6-13-10(9)12(14)17/h3-4,6,8,15H,2,5,7H2,1H3. The Labute approximate surface area is 99.1 Å². The number of hydrogen-bond donors (Lipinski definition) is 1. The maximum absolute atomic E-state index is 11.9. The van der Waals surface area contributed by atoms with E-state index in [-0.39, 0.29) is 24.1 Å². The molecule has 1 aromatic rings. The molecule has 1 N–H and O–H groups in total. The summed E-state index contributed by atoms with van der Waals surface area (Å²) in [5, 5.41) is 9.44. The second-order valence-corrected chi connectivity index (χ2v) is 4.01. The molecule has 0 bridgehead atoms. The number of imide groups is 1. The summed E-state index contributed by atoms with van der Waals surface area (Å²) in [6.45, 7) is 2.09. The highest BCUT2D eigenvalue weighted by molar-refractivity contribution is 6.20. The molecule has 0 aliphatic carbocycles. The molecule has 0 spiro atoms. The van der Waals surface area contributed by atoms with Gasteiger partial charge in [-0.3, -0.25) is 19.5 Å². The smallest absolute Gasteiger partial charge is 0.280 e. The van der Waals surface area contributed by atoms with Crippen molar-refractivity contribution < 1.29 is 14.7 Å². The van der Waals surface area contributed by atoms with Crippen molar-refractivity contribution in [2.45, 2.75) is 25.9 Å². The van der Waals surface area contributed by atoms with E-state index in [0.717, 1.165) is 4.90 Å². The molecule has 2 rings (SSSR count). The molecule has 1 atom stereocenters. The predicted octanol–water partition coefficient (Wildman–Crippen LogP) is 0.839. The summed E-state index contributed by atoms with van der Waals surface area (Å²) in [4.78, 5) is 28.8. The minimum atomic E-state index is -0.479. The van der Waals surface area contributed by atoms with Gasteiger partial charge in [0, 0.05) is 12.7 Å². The highest BCUT2D eigenvalue weighted by Crippen LogP contribution is 2.20. The first-order chi connectivity index (χ1) is 8.15. The number of amides is 2. The Hall–Kier alpha value is -1.75. The Morgan fingerprint density at radius 3 is 2.82 bits per heavy atom. The van der Waals surface area contributed by atoms with Gasteiger partial charge >= 0.3 is 0 Å². The Bertz CT molecular complexity index is 424. The maximum atomic E-state index is 11.9. The van der Waals surface area contributed by atoms with E-state index in [4.69, 9.17) is 0 Å². The third kappa shape index (κ3) is 2.06. The zero-order valence-electron chi connectivity index (χ0n) is 9.59. The number of aliphatic hydroxyl groups excluding tert-OH is 1. The van der Waals surface area contributed by atoms with E-state index in [1.54, 1.807) is 12.1 Å². The zero-order chi connectivity index (χ0) is 12.4. The Morgan fingerprint density at radius 1 is 1.41 bits per heavy atom. The van der Waals surface area contributed by atoms with Gasteiger partial charge in [-0.1, -0.05) is 6.92 Å². The molecule has 5 nitrogen and oxygen atoms in total. The van der Waals surface area contributed by atoms with Crippen LogP contribution < -0.4 is 0 Å². The molecule has 0 saturated heterocycles. The van der Waals surface area contributed by atoms with Crippen molar-refractivity contribution in [2.75, 3.05) is 6.54 Å². The van der Waals surface area contributed by atoms with Gasteiger partial charge in [-0.25, -0.2) is 0 Å². The van der Waals surface area contributed by atoms with Crippen molar-refractivity contribution in [3.63, 3.8) is 0 Å². The fourth-order valence-electron chi connectivity index (χ4n) is 1.80. The summed E-state index contributed by atoms with van der Waals surface area (Å²) in [6.07, 6.45) is 2.03. The molecule has 5 heteroatoms. The van der Waals surface area contributed by atoms with E-state index in [1.807, 2.05) is 6.92 Å². The molecule has 1 aliphatic heterocycles. The second-order valence-electron chi connectivity index (χ2n) is 4.01. The fraction of sp³-hybridized carbons (Fsp3) is 0.417. The molecule has 1 unspecified atom stereocenters. The van der Waals surface area contributed by atoms with Gasteiger partial charge in [-0.2, -0.15) is 0 Å². The summed E-state index contributed by atoms with van der Waals surface area (Å²) in [5.74, 6) is -0.685. The number of carbonyl (C=O) groups is 2. The van der Waals surface area contributed by atoms with Gasteiger partial charge < -0.3 is 5.11 Å². The van der Waals surface area contributed by atoms with Crippen LogP contribution in [0.15, 0.2) is 18.3 Å². The normalized spacial score (nSPS) is 16.2. The van der Waals surface area contributed by atoms with E-state index < -0.39 is 6.10 Å². The Balaban J connectivity index is 2.13. The van der Waals surface area contributed by atoms with E-state index in [0.29, 0.717) is 18.4 Å². The number of fused-ring (bicyclic) bond motifs is 1. The van der Waals surface area contributed by atoms with Gasteiger partial charge in [0.15, 0.2) is 0 Å². The predicted molar refractivity (Wildman–Crippen MR) is 60.5 cm³/mol. The summed E-state index contributed by atoms with van der Waals surface area (Å²) in [7, 11) is 0. The third-order valence-corrected chi connectivity index (χ3v) is 2.89. The van der Waals surface area contributed by atoms with Crippen LogP contribution in [-0.2, 0) is 0 Å². The molecule has 0 saturated carbocycles. The first-order valence-corrected chi connectivity index (χ1v) is 5.64. The van der Waals surface area contributed by atoms with Gasteiger partial charge in [0.25, 0.3) is 11.8 Å². The first-order valence-electron chi connectivity index (χ1n) is 5.64. The lowest BCUT2D eigenvalue weighted by Crippen LogP contribution is -2.32. The van der Waals surface area contributed by atoms with Crippen LogP contribution in [0.2, 0.25) is 0 Å².